The predicted octanol–water partition coefficient (Wildman–Crippen LogP) is 3.57. The predicted molar refractivity (Wildman–Crippen MR) is 82.2 cm³/mol. The first kappa shape index (κ1) is 12.3. The highest BCUT2D eigenvalue weighted by Gasteiger charge is 2.12. The Labute approximate surface area is 115 Å². The second-order valence-corrected chi connectivity index (χ2v) is 5.57. The molecule has 0 spiro atoms. The fourth-order valence-electron chi connectivity index (χ4n) is 2.88. The van der Waals surface area contributed by atoms with Gasteiger partial charge in [-0.05, 0) is 49.5 Å². The van der Waals surface area contributed by atoms with Crippen molar-refractivity contribution in [3.63, 3.8) is 0 Å². The molecule has 2 aliphatic heterocycles. The zero-order valence-electron chi connectivity index (χ0n) is 11.7. The van der Waals surface area contributed by atoms with Gasteiger partial charge >= 0.3 is 0 Å². The lowest BCUT2D eigenvalue weighted by molar-refractivity contribution is 0.578. The number of nitrogens with one attached hydrogen (secondary N) is 1. The summed E-state index contributed by atoms with van der Waals surface area (Å²) in [6, 6.07) is 8.95. The molecule has 1 aromatic rings. The van der Waals surface area contributed by atoms with Crippen molar-refractivity contribution in [3.8, 4) is 0 Å². The summed E-state index contributed by atoms with van der Waals surface area (Å²) in [5.74, 6) is 0. The SMILES string of the molecule is CC1=CC(c2cccc(N3CCCCC3)c2)=CNC1. The Morgan fingerprint density at radius 3 is 2.74 bits per heavy atom. The Morgan fingerprint density at radius 1 is 1.11 bits per heavy atom. The minimum absolute atomic E-state index is 0.968. The monoisotopic (exact) mass is 254 g/mol. The smallest absolute Gasteiger partial charge is 0.0372 e. The number of hydrogen-bond donors (Lipinski definition) is 1. The Kier molecular flexibility index (Phi) is 3.58. The first-order valence-electron chi connectivity index (χ1n) is 7.29. The Hall–Kier alpha value is -1.70. The molecule has 2 heterocycles. The third-order valence-electron chi connectivity index (χ3n) is 3.94. The van der Waals surface area contributed by atoms with Crippen molar-refractivity contribution in [2.45, 2.75) is 26.2 Å². The highest BCUT2D eigenvalue weighted by atomic mass is 15.1. The molecule has 0 unspecified atom stereocenters. The van der Waals surface area contributed by atoms with E-state index in [2.05, 4.69) is 53.7 Å². The van der Waals surface area contributed by atoms with Crippen molar-refractivity contribution in [3.05, 3.63) is 47.7 Å². The summed E-state index contributed by atoms with van der Waals surface area (Å²) in [6.07, 6.45) is 8.45. The molecule has 2 aliphatic rings. The quantitative estimate of drug-likeness (QED) is 0.868. The highest BCUT2D eigenvalue weighted by molar-refractivity contribution is 5.77. The number of nitrogens with zero attached hydrogens (tertiary/aromatic N) is 1. The molecular formula is C17H22N2. The molecule has 3 rings (SSSR count). The summed E-state index contributed by atoms with van der Waals surface area (Å²) in [4.78, 5) is 2.51. The molecule has 19 heavy (non-hydrogen) atoms. The van der Waals surface area contributed by atoms with Gasteiger partial charge in [0.05, 0.1) is 0 Å². The van der Waals surface area contributed by atoms with Crippen LogP contribution in [0.5, 0.6) is 0 Å². The van der Waals surface area contributed by atoms with Gasteiger partial charge in [-0.1, -0.05) is 23.8 Å². The summed E-state index contributed by atoms with van der Waals surface area (Å²) in [5.41, 5.74) is 5.37. The standard InChI is InChI=1S/C17H22N2/c1-14-10-16(13-18-12-14)15-6-5-7-17(11-15)19-8-3-2-4-9-19/h5-7,10-11,13,18H,2-4,8-9,12H2,1H3. The molecule has 0 aliphatic carbocycles. The number of benzene rings is 1. The van der Waals surface area contributed by atoms with Crippen LogP contribution in [0, 0.1) is 0 Å². The van der Waals surface area contributed by atoms with Crippen LogP contribution in [-0.2, 0) is 0 Å². The Bertz CT molecular complexity index is 508. The van der Waals surface area contributed by atoms with E-state index in [9.17, 15) is 0 Å². The molecule has 100 valence electrons. The molecule has 1 aromatic carbocycles. The van der Waals surface area contributed by atoms with Crippen molar-refractivity contribution < 1.29 is 0 Å². The Balaban J connectivity index is 1.85. The van der Waals surface area contributed by atoms with E-state index in [-0.39, 0.29) is 0 Å². The van der Waals surface area contributed by atoms with Gasteiger partial charge in [-0.25, -0.2) is 0 Å². The van der Waals surface area contributed by atoms with Crippen molar-refractivity contribution in [1.29, 1.82) is 0 Å². The van der Waals surface area contributed by atoms with Crippen molar-refractivity contribution in [1.82, 2.24) is 5.32 Å². The normalized spacial score (nSPS) is 19.5. The number of anilines is 1. The van der Waals surface area contributed by atoms with Gasteiger partial charge in [0, 0.05) is 31.5 Å². The van der Waals surface area contributed by atoms with E-state index in [1.54, 1.807) is 0 Å². The highest BCUT2D eigenvalue weighted by Crippen LogP contribution is 2.26. The van der Waals surface area contributed by atoms with Crippen LogP contribution >= 0.6 is 0 Å². The molecular weight excluding hydrogens is 232 g/mol. The van der Waals surface area contributed by atoms with E-state index in [4.69, 9.17) is 0 Å². The minimum atomic E-state index is 0.968. The number of dihydropyridines is 1. The molecule has 0 saturated carbocycles. The van der Waals surface area contributed by atoms with Crippen molar-refractivity contribution in [2.24, 2.45) is 0 Å². The van der Waals surface area contributed by atoms with Crippen LogP contribution in [0.4, 0.5) is 5.69 Å². The Morgan fingerprint density at radius 2 is 1.95 bits per heavy atom. The summed E-state index contributed by atoms with van der Waals surface area (Å²) in [6.45, 7) is 5.55. The van der Waals surface area contributed by atoms with Gasteiger partial charge in [0.15, 0.2) is 0 Å². The molecule has 0 radical (unpaired) electrons. The van der Waals surface area contributed by atoms with Gasteiger partial charge < -0.3 is 10.2 Å². The molecule has 0 atom stereocenters. The van der Waals surface area contributed by atoms with Crippen LogP contribution in [0.1, 0.15) is 31.7 Å². The maximum absolute atomic E-state index is 3.34. The molecule has 0 bridgehead atoms. The van der Waals surface area contributed by atoms with E-state index < -0.39 is 0 Å². The van der Waals surface area contributed by atoms with Crippen LogP contribution in [0.3, 0.4) is 0 Å². The molecule has 2 heteroatoms. The van der Waals surface area contributed by atoms with E-state index in [1.807, 2.05) is 0 Å². The first-order valence-corrected chi connectivity index (χ1v) is 7.29. The molecule has 0 aromatic heterocycles. The molecule has 2 nitrogen and oxygen atoms in total. The van der Waals surface area contributed by atoms with Crippen LogP contribution in [0.15, 0.2) is 42.1 Å². The average Bonchev–Trinajstić information content (AvgIpc) is 2.48. The average molecular weight is 254 g/mol. The molecule has 0 amide bonds. The van der Waals surface area contributed by atoms with Crippen LogP contribution in [0.25, 0.3) is 5.57 Å². The van der Waals surface area contributed by atoms with E-state index in [0.29, 0.717) is 0 Å². The number of allylic oxidation sites excluding steroid dienone is 2. The number of rotatable bonds is 2. The summed E-state index contributed by atoms with van der Waals surface area (Å²) in [7, 11) is 0. The topological polar surface area (TPSA) is 15.3 Å². The first-order chi connectivity index (χ1) is 9.33. The van der Waals surface area contributed by atoms with E-state index >= 15 is 0 Å². The van der Waals surface area contributed by atoms with Crippen LogP contribution < -0.4 is 10.2 Å². The third kappa shape index (κ3) is 2.83. The van der Waals surface area contributed by atoms with Crippen LogP contribution in [0.2, 0.25) is 0 Å². The minimum Gasteiger partial charge on any atom is -0.387 e. The maximum Gasteiger partial charge on any atom is 0.0372 e. The van der Waals surface area contributed by atoms with Gasteiger partial charge in [0.2, 0.25) is 0 Å². The summed E-state index contributed by atoms with van der Waals surface area (Å²) in [5, 5.41) is 3.34. The van der Waals surface area contributed by atoms with Gasteiger partial charge in [0.1, 0.15) is 0 Å². The fraction of sp³-hybridized carbons (Fsp3) is 0.412. The maximum atomic E-state index is 3.34. The van der Waals surface area contributed by atoms with Crippen molar-refractivity contribution >= 4 is 11.3 Å². The second kappa shape index (κ2) is 5.52. The van der Waals surface area contributed by atoms with Gasteiger partial charge in [-0.2, -0.15) is 0 Å². The number of hydrogen-bond acceptors (Lipinski definition) is 2. The number of piperidine rings is 1. The van der Waals surface area contributed by atoms with Crippen molar-refractivity contribution in [2.75, 3.05) is 24.5 Å². The van der Waals surface area contributed by atoms with Gasteiger partial charge in [-0.15, -0.1) is 0 Å². The fourth-order valence-corrected chi connectivity index (χ4v) is 2.88. The summed E-state index contributed by atoms with van der Waals surface area (Å²) < 4.78 is 0. The summed E-state index contributed by atoms with van der Waals surface area (Å²) >= 11 is 0. The van der Waals surface area contributed by atoms with E-state index in [1.165, 1.54) is 54.7 Å². The van der Waals surface area contributed by atoms with Gasteiger partial charge in [0.25, 0.3) is 0 Å². The van der Waals surface area contributed by atoms with Crippen LogP contribution in [-0.4, -0.2) is 19.6 Å². The second-order valence-electron chi connectivity index (χ2n) is 5.57. The zero-order chi connectivity index (χ0) is 13.1. The lowest BCUT2D eigenvalue weighted by Crippen LogP contribution is -2.29. The van der Waals surface area contributed by atoms with E-state index in [0.717, 1.165) is 6.54 Å². The molecule has 1 saturated heterocycles. The molecule has 1 fully saturated rings. The largest absolute Gasteiger partial charge is 0.387 e. The zero-order valence-corrected chi connectivity index (χ0v) is 11.7. The van der Waals surface area contributed by atoms with Gasteiger partial charge in [-0.3, -0.25) is 0 Å². The lowest BCUT2D eigenvalue weighted by Gasteiger charge is -2.29. The molecule has 1 N–H and O–H groups in total. The lowest BCUT2D eigenvalue weighted by atomic mass is 10.0. The third-order valence-corrected chi connectivity index (χ3v) is 3.94.